The van der Waals surface area contributed by atoms with Gasteiger partial charge in [-0.2, -0.15) is 0 Å². The van der Waals surface area contributed by atoms with Crippen LogP contribution >= 0.6 is 11.6 Å². The number of benzene rings is 2. The van der Waals surface area contributed by atoms with Crippen LogP contribution in [0.4, 0.5) is 4.39 Å². The van der Waals surface area contributed by atoms with Crippen LogP contribution in [0.15, 0.2) is 48.7 Å². The highest BCUT2D eigenvalue weighted by atomic mass is 35.5. The van der Waals surface area contributed by atoms with Gasteiger partial charge in [0.15, 0.2) is 0 Å². The lowest BCUT2D eigenvalue weighted by atomic mass is 9.82. The van der Waals surface area contributed by atoms with E-state index >= 15 is 0 Å². The number of phenols is 1. The van der Waals surface area contributed by atoms with Crippen molar-refractivity contribution in [3.05, 3.63) is 81.9 Å². The van der Waals surface area contributed by atoms with E-state index < -0.39 is 28.6 Å². The van der Waals surface area contributed by atoms with Gasteiger partial charge < -0.3 is 26.0 Å². The average molecular weight is 565 g/mol. The quantitative estimate of drug-likeness (QED) is 0.278. The number of hydrogen-bond donors (Lipinski definition) is 4. The average Bonchev–Trinajstić information content (AvgIpc) is 3.26. The summed E-state index contributed by atoms with van der Waals surface area (Å²) < 4.78 is 19.7. The van der Waals surface area contributed by atoms with Crippen molar-refractivity contribution in [3.8, 4) is 22.8 Å². The summed E-state index contributed by atoms with van der Waals surface area (Å²) >= 11 is 6.01. The molecule has 0 aliphatic carbocycles. The van der Waals surface area contributed by atoms with Crippen LogP contribution in [0.3, 0.4) is 0 Å². The van der Waals surface area contributed by atoms with Crippen LogP contribution in [0, 0.1) is 12.7 Å². The predicted molar refractivity (Wildman–Crippen MR) is 147 cm³/mol. The van der Waals surface area contributed by atoms with Crippen molar-refractivity contribution in [1.29, 1.82) is 0 Å². The van der Waals surface area contributed by atoms with Gasteiger partial charge in [0.1, 0.15) is 46.1 Å². The van der Waals surface area contributed by atoms with Crippen LogP contribution in [-0.2, 0) is 15.8 Å². The van der Waals surface area contributed by atoms with Gasteiger partial charge in [-0.05, 0) is 68.8 Å². The van der Waals surface area contributed by atoms with Gasteiger partial charge in [-0.3, -0.25) is 14.6 Å². The lowest BCUT2D eigenvalue weighted by Crippen LogP contribution is -2.41. The number of carbonyl (C=O) groups excluding carboxylic acids is 2. The lowest BCUT2D eigenvalue weighted by molar-refractivity contribution is -0.123. The Kier molecular flexibility index (Phi) is 6.63. The maximum absolute atomic E-state index is 13.9. The van der Waals surface area contributed by atoms with E-state index in [1.54, 1.807) is 25.3 Å². The van der Waals surface area contributed by atoms with Crippen LogP contribution < -0.4 is 15.8 Å². The number of aromatic nitrogens is 2. The second-order valence-corrected chi connectivity index (χ2v) is 10.8. The van der Waals surface area contributed by atoms with Gasteiger partial charge in [0.2, 0.25) is 5.91 Å². The van der Waals surface area contributed by atoms with Crippen LogP contribution in [0.25, 0.3) is 22.2 Å². The molecule has 11 heteroatoms. The number of halogens is 2. The summed E-state index contributed by atoms with van der Waals surface area (Å²) in [6.45, 7) is 4.58. The minimum atomic E-state index is -1.73. The van der Waals surface area contributed by atoms with Gasteiger partial charge in [0, 0.05) is 28.3 Å². The monoisotopic (exact) mass is 564 g/mol. The molecular formula is C29H26ClFN4O5. The van der Waals surface area contributed by atoms with E-state index in [0.29, 0.717) is 22.0 Å². The topological polar surface area (TPSA) is 148 Å². The molecule has 40 heavy (non-hydrogen) atoms. The number of primary amides is 1. The van der Waals surface area contributed by atoms with E-state index in [4.69, 9.17) is 22.1 Å². The lowest BCUT2D eigenvalue weighted by Gasteiger charge is -2.26. The fourth-order valence-corrected chi connectivity index (χ4v) is 4.80. The number of carbonyl (C=O) groups is 2. The molecule has 3 heterocycles. The van der Waals surface area contributed by atoms with Crippen molar-refractivity contribution >= 4 is 34.3 Å². The van der Waals surface area contributed by atoms with Crippen LogP contribution in [0.1, 0.15) is 41.0 Å². The Labute approximate surface area is 233 Å². The van der Waals surface area contributed by atoms with Gasteiger partial charge in [0.25, 0.3) is 5.91 Å². The highest BCUT2D eigenvalue weighted by Crippen LogP contribution is 2.45. The molecule has 0 fully saturated rings. The molecule has 9 nitrogen and oxygen atoms in total. The van der Waals surface area contributed by atoms with Crippen LogP contribution in [0.2, 0.25) is 5.02 Å². The zero-order valence-electron chi connectivity index (χ0n) is 21.9. The molecular weight excluding hydrogens is 539 g/mol. The summed E-state index contributed by atoms with van der Waals surface area (Å²) in [5, 5.41) is 25.0. The molecule has 0 saturated heterocycles. The number of aliphatic hydroxyl groups is 1. The van der Waals surface area contributed by atoms with Gasteiger partial charge >= 0.3 is 0 Å². The van der Waals surface area contributed by atoms with Crippen molar-refractivity contribution in [3.63, 3.8) is 0 Å². The maximum atomic E-state index is 13.9. The Morgan fingerprint density at radius 1 is 1.25 bits per heavy atom. The molecule has 0 saturated carbocycles. The number of pyridine rings is 2. The number of aryl methyl sites for hydroxylation is 1. The number of hydrogen-bond acceptors (Lipinski definition) is 7. The molecule has 1 aliphatic heterocycles. The van der Waals surface area contributed by atoms with Crippen molar-refractivity contribution in [1.82, 2.24) is 15.3 Å². The third-order valence-corrected chi connectivity index (χ3v) is 7.41. The van der Waals surface area contributed by atoms with E-state index in [-0.39, 0.29) is 46.6 Å². The van der Waals surface area contributed by atoms with Crippen LogP contribution in [0.5, 0.6) is 11.5 Å². The highest BCUT2D eigenvalue weighted by Gasteiger charge is 2.45. The number of rotatable bonds is 6. The largest absolute Gasteiger partial charge is 0.506 e. The highest BCUT2D eigenvalue weighted by molar-refractivity contribution is 6.31. The Morgan fingerprint density at radius 3 is 2.70 bits per heavy atom. The Morgan fingerprint density at radius 2 is 2.00 bits per heavy atom. The number of amides is 2. The molecule has 0 unspecified atom stereocenters. The number of ether oxygens (including phenoxy) is 1. The number of nitrogens with two attached hydrogens (primary N) is 1. The second-order valence-electron chi connectivity index (χ2n) is 10.4. The summed E-state index contributed by atoms with van der Waals surface area (Å²) in [6.07, 6.45) is 1.62. The Hall–Kier alpha value is -4.28. The number of nitrogens with one attached hydrogen (secondary N) is 1. The number of phenolic OH excluding ortho intramolecular Hbond substituents is 1. The molecule has 2 aromatic carbocycles. The zero-order chi connectivity index (χ0) is 29.0. The van der Waals surface area contributed by atoms with Gasteiger partial charge in [-0.15, -0.1) is 0 Å². The number of fused-ring (bicyclic) bond motifs is 2. The smallest absolute Gasteiger partial charge is 0.251 e. The van der Waals surface area contributed by atoms with E-state index in [2.05, 4.69) is 15.3 Å². The normalized spacial score (nSPS) is 17.6. The first-order valence-electron chi connectivity index (χ1n) is 12.3. The molecule has 0 spiro atoms. The minimum Gasteiger partial charge on any atom is -0.506 e. The van der Waals surface area contributed by atoms with Crippen molar-refractivity contribution < 1.29 is 28.9 Å². The standard InChI is InChI=1S/C29H26ClFN4O5/c1-14-6-16-7-17(9-21(36)23(16)33-11-14)26(37)34-12-29(3,39)22-10-18-25(40-13-28(18,2)27(32)38)24(35-22)15-4-5-20(31)19(30)8-15/h4-11,36,39H,12-13H2,1-3H3,(H2,32,38)(H,34,37)/t28-,29-/m0/s1. The summed E-state index contributed by atoms with van der Waals surface area (Å²) in [5.74, 6) is -1.69. The summed E-state index contributed by atoms with van der Waals surface area (Å²) in [4.78, 5) is 34.2. The molecule has 0 radical (unpaired) electrons. The summed E-state index contributed by atoms with van der Waals surface area (Å²) in [5.41, 5.74) is 5.29. The molecule has 4 aromatic rings. The van der Waals surface area contributed by atoms with Gasteiger partial charge in [-0.25, -0.2) is 9.37 Å². The molecule has 0 bridgehead atoms. The first-order valence-corrected chi connectivity index (χ1v) is 12.7. The summed E-state index contributed by atoms with van der Waals surface area (Å²) in [7, 11) is 0. The Balaban J connectivity index is 1.51. The van der Waals surface area contributed by atoms with E-state index in [1.165, 1.54) is 37.3 Å². The second kappa shape index (κ2) is 9.72. The van der Waals surface area contributed by atoms with E-state index in [0.717, 1.165) is 5.56 Å². The molecule has 2 aromatic heterocycles. The number of nitrogens with zero attached hydrogens (tertiary/aromatic N) is 2. The maximum Gasteiger partial charge on any atom is 0.251 e. The first kappa shape index (κ1) is 27.3. The third-order valence-electron chi connectivity index (χ3n) is 7.12. The fraction of sp³-hybridized carbons (Fsp3) is 0.241. The summed E-state index contributed by atoms with van der Waals surface area (Å²) in [6, 6.07) is 10.2. The molecule has 1 aliphatic rings. The fourth-order valence-electron chi connectivity index (χ4n) is 4.62. The van der Waals surface area contributed by atoms with E-state index in [9.17, 15) is 24.2 Å². The molecule has 2 atom stereocenters. The van der Waals surface area contributed by atoms with Crippen molar-refractivity contribution in [2.24, 2.45) is 5.73 Å². The first-order chi connectivity index (χ1) is 18.8. The molecule has 206 valence electrons. The zero-order valence-corrected chi connectivity index (χ0v) is 22.6. The van der Waals surface area contributed by atoms with Crippen LogP contribution in [-0.4, -0.2) is 45.1 Å². The van der Waals surface area contributed by atoms with Crippen molar-refractivity contribution in [2.45, 2.75) is 31.8 Å². The van der Waals surface area contributed by atoms with Crippen molar-refractivity contribution in [2.75, 3.05) is 13.2 Å². The predicted octanol–water partition coefficient (Wildman–Crippen LogP) is 3.88. The SMILES string of the molecule is Cc1cnc2c(O)cc(C(=O)NC[C@](C)(O)c3cc4c(c(-c5ccc(F)c(Cl)c5)n3)OC[C@]4(C)C(N)=O)cc2c1. The Bertz CT molecular complexity index is 1710. The minimum absolute atomic E-state index is 0.0522. The molecule has 5 N–H and O–H groups in total. The molecule has 2 amide bonds. The van der Waals surface area contributed by atoms with E-state index in [1.807, 2.05) is 6.92 Å². The molecule has 5 rings (SSSR count). The third kappa shape index (κ3) is 4.69. The van der Waals surface area contributed by atoms with Gasteiger partial charge in [-0.1, -0.05) is 11.6 Å². The van der Waals surface area contributed by atoms with Gasteiger partial charge in [0.05, 0.1) is 17.3 Å². The number of aromatic hydroxyl groups is 1.